The number of carbonyl (C=O) groups excluding carboxylic acids is 1. The van der Waals surface area contributed by atoms with E-state index in [9.17, 15) is 79.4 Å². The second-order valence-corrected chi connectivity index (χ2v) is 5.62. The van der Waals surface area contributed by atoms with Crippen LogP contribution >= 0.6 is 0 Å². The number of anilines is 1. The molecule has 1 amide bonds. The zero-order chi connectivity index (χ0) is 25.8. The van der Waals surface area contributed by atoms with E-state index in [-0.39, 0.29) is 5.32 Å². The number of benzene rings is 1. The number of amides is 1. The van der Waals surface area contributed by atoms with E-state index in [1.54, 1.807) is 0 Å². The number of rotatable bonds is 7. The third-order valence-corrected chi connectivity index (χ3v) is 3.61. The molecular weight excluding hydrogens is 509 g/mol. The van der Waals surface area contributed by atoms with Gasteiger partial charge in [0.2, 0.25) is 5.82 Å². The monoisotopic (exact) mass is 511 g/mol. The molecule has 0 radical (unpaired) electrons. The van der Waals surface area contributed by atoms with Crippen LogP contribution in [0.3, 0.4) is 0 Å². The Kier molecular flexibility index (Phi) is 6.73. The summed E-state index contributed by atoms with van der Waals surface area (Å²) in [5, 5.41) is -0.161. The molecule has 0 saturated carbocycles. The fraction of sp³-hybridized carbons (Fsp3) is 0.462. The molecule has 0 aliphatic rings. The molecule has 184 valence electrons. The third kappa shape index (κ3) is 3.57. The summed E-state index contributed by atoms with van der Waals surface area (Å²) >= 11 is 0. The molecule has 0 spiro atoms. The molecule has 19 heteroatoms. The Balaban J connectivity index is 3.54. The van der Waals surface area contributed by atoms with Gasteiger partial charge in [-0.3, -0.25) is 4.79 Å². The zero-order valence-corrected chi connectivity index (χ0v) is 13.9. The van der Waals surface area contributed by atoms with E-state index in [0.29, 0.717) is 0 Å². The van der Waals surface area contributed by atoms with Gasteiger partial charge in [0.25, 0.3) is 0 Å². The van der Waals surface area contributed by atoms with E-state index in [2.05, 4.69) is 0 Å². The van der Waals surface area contributed by atoms with Gasteiger partial charge in [-0.2, -0.15) is 43.9 Å². The van der Waals surface area contributed by atoms with E-state index >= 15 is 0 Å². The molecule has 0 atom stereocenters. The van der Waals surface area contributed by atoms with Crippen LogP contribution in [0.2, 0.25) is 0 Å². The van der Waals surface area contributed by atoms with Gasteiger partial charge in [0.15, 0.2) is 23.3 Å². The molecule has 1 rings (SSSR count). The molecule has 2 nitrogen and oxygen atoms in total. The highest BCUT2D eigenvalue weighted by Crippen LogP contribution is 2.58. The first-order chi connectivity index (χ1) is 14.0. The fourth-order valence-electron chi connectivity index (χ4n) is 1.79. The number of carbonyl (C=O) groups is 1. The highest BCUT2D eigenvalue weighted by molar-refractivity contribution is 5.97. The predicted molar refractivity (Wildman–Crippen MR) is 65.6 cm³/mol. The molecule has 0 heterocycles. The van der Waals surface area contributed by atoms with Crippen molar-refractivity contribution in [1.82, 2.24) is 0 Å². The first-order valence-corrected chi connectivity index (χ1v) is 7.01. The van der Waals surface area contributed by atoms with Crippen molar-refractivity contribution in [3.8, 4) is 0 Å². The van der Waals surface area contributed by atoms with Crippen LogP contribution < -0.4 is 5.32 Å². The molecule has 1 N–H and O–H groups in total. The quantitative estimate of drug-likeness (QED) is 0.282. The van der Waals surface area contributed by atoms with Crippen molar-refractivity contribution in [2.24, 2.45) is 0 Å². The van der Waals surface area contributed by atoms with Crippen molar-refractivity contribution in [3.63, 3.8) is 0 Å². The van der Waals surface area contributed by atoms with Crippen LogP contribution in [0, 0.1) is 29.1 Å². The van der Waals surface area contributed by atoms with Crippen molar-refractivity contribution in [3.05, 3.63) is 29.1 Å². The molecule has 0 bridgehead atoms. The normalized spacial score (nSPS) is 14.2. The molecule has 0 saturated heterocycles. The lowest BCUT2D eigenvalue weighted by Crippen LogP contribution is -2.70. The maximum Gasteiger partial charge on any atom is 0.393 e. The number of alkyl halides is 12. The van der Waals surface area contributed by atoms with Gasteiger partial charge in [-0.1, -0.05) is 0 Å². The number of halogens is 17. The summed E-state index contributed by atoms with van der Waals surface area (Å²) in [5.74, 6) is -58.4. The molecule has 1 aromatic rings. The average molecular weight is 511 g/mol. The van der Waals surface area contributed by atoms with Crippen LogP contribution in [0.5, 0.6) is 0 Å². The van der Waals surface area contributed by atoms with Crippen LogP contribution in [-0.4, -0.2) is 41.9 Å². The van der Waals surface area contributed by atoms with Crippen LogP contribution in [0.1, 0.15) is 0 Å². The highest BCUT2D eigenvalue weighted by atomic mass is 19.4. The van der Waals surface area contributed by atoms with E-state index in [0.717, 1.165) is 0 Å². The zero-order valence-electron chi connectivity index (χ0n) is 13.9. The lowest BCUT2D eigenvalue weighted by molar-refractivity contribution is -0.406. The minimum Gasteiger partial charge on any atom is -0.315 e. The third-order valence-electron chi connectivity index (χ3n) is 3.61. The first kappa shape index (κ1) is 27.5. The van der Waals surface area contributed by atoms with Gasteiger partial charge in [0.05, 0.1) is 0 Å². The molecule has 0 aromatic heterocycles. The lowest BCUT2D eigenvalue weighted by atomic mass is 9.94. The largest absolute Gasteiger partial charge is 0.393 e. The van der Waals surface area contributed by atoms with Crippen molar-refractivity contribution >= 4 is 11.6 Å². The minimum absolute atomic E-state index is 0.161. The maximum absolute atomic E-state index is 13.5. The van der Waals surface area contributed by atoms with Gasteiger partial charge in [-0.15, -0.1) is 0 Å². The first-order valence-electron chi connectivity index (χ1n) is 7.01. The van der Waals surface area contributed by atoms with Crippen LogP contribution in [0.4, 0.5) is 80.3 Å². The van der Waals surface area contributed by atoms with Gasteiger partial charge in [-0.25, -0.2) is 30.7 Å². The fourth-order valence-corrected chi connectivity index (χ4v) is 1.79. The Labute approximate surface area is 163 Å². The summed E-state index contributed by atoms with van der Waals surface area (Å²) in [6, 6.07) is 0. The second-order valence-electron chi connectivity index (χ2n) is 5.62. The Bertz CT molecular complexity index is 879. The van der Waals surface area contributed by atoms with E-state index in [1.165, 1.54) is 0 Å². The van der Waals surface area contributed by atoms with Gasteiger partial charge in [0, 0.05) is 0 Å². The average Bonchev–Trinajstić information content (AvgIpc) is 2.67. The Morgan fingerprint density at radius 2 is 0.938 bits per heavy atom. The summed E-state index contributed by atoms with van der Waals surface area (Å²) in [7, 11) is 0. The van der Waals surface area contributed by atoms with Gasteiger partial charge in [0.1, 0.15) is 5.69 Å². The van der Waals surface area contributed by atoms with Gasteiger partial charge in [-0.05, 0) is 0 Å². The van der Waals surface area contributed by atoms with Gasteiger partial charge >= 0.3 is 41.9 Å². The lowest BCUT2D eigenvalue weighted by Gasteiger charge is -2.38. The smallest absolute Gasteiger partial charge is 0.315 e. The number of nitrogens with one attached hydrogen (secondary N) is 1. The number of hydrogen-bond donors (Lipinski definition) is 1. The van der Waals surface area contributed by atoms with E-state index in [4.69, 9.17) is 0 Å². The topological polar surface area (TPSA) is 29.1 Å². The second kappa shape index (κ2) is 7.82. The van der Waals surface area contributed by atoms with Crippen molar-refractivity contribution < 1.29 is 79.4 Å². The molecule has 0 aliphatic carbocycles. The molecule has 0 unspecified atom stereocenters. The molecular formula is C13H2F17NO. The van der Waals surface area contributed by atoms with Crippen LogP contribution in [0.25, 0.3) is 0 Å². The van der Waals surface area contributed by atoms with Crippen molar-refractivity contribution in [2.45, 2.75) is 36.0 Å². The minimum atomic E-state index is -8.16. The summed E-state index contributed by atoms with van der Waals surface area (Å²) < 4.78 is 221. The standard InChI is InChI=1S/C13H2F17NO/c14-1-2(15)4(17)6(5(18)3(1)16)31-8(32)10(23,24)12(27,28)13(29,30)11(25,26)9(21,22)7(19)20/h7H,(H,31,32). The number of hydrogen-bond acceptors (Lipinski definition) is 1. The van der Waals surface area contributed by atoms with E-state index in [1.807, 2.05) is 0 Å². The molecule has 0 fully saturated rings. The van der Waals surface area contributed by atoms with Crippen LogP contribution in [-0.2, 0) is 4.79 Å². The SMILES string of the molecule is O=C(Nc1c(F)c(F)c(F)c(F)c1F)C(F)(F)C(F)(F)C(F)(F)C(F)(F)C(F)(F)C(F)F. The van der Waals surface area contributed by atoms with Crippen LogP contribution in [0.15, 0.2) is 0 Å². The van der Waals surface area contributed by atoms with Crippen molar-refractivity contribution in [2.75, 3.05) is 5.32 Å². The van der Waals surface area contributed by atoms with E-state index < -0.39 is 76.7 Å². The highest BCUT2D eigenvalue weighted by Gasteiger charge is 2.89. The molecule has 1 aromatic carbocycles. The Morgan fingerprint density at radius 1 is 0.594 bits per heavy atom. The maximum atomic E-state index is 13.5. The summed E-state index contributed by atoms with van der Waals surface area (Å²) in [5.41, 5.74) is -2.85. The molecule has 32 heavy (non-hydrogen) atoms. The predicted octanol–water partition coefficient (Wildman–Crippen LogP) is 5.76. The molecule has 0 aliphatic heterocycles. The Hall–Kier alpha value is -2.50. The summed E-state index contributed by atoms with van der Waals surface area (Å²) in [6.07, 6.45) is -5.82. The summed E-state index contributed by atoms with van der Waals surface area (Å²) in [6.45, 7) is 0. The summed E-state index contributed by atoms with van der Waals surface area (Å²) in [4.78, 5) is 11.1. The van der Waals surface area contributed by atoms with Gasteiger partial charge < -0.3 is 5.32 Å². The van der Waals surface area contributed by atoms with Crippen molar-refractivity contribution in [1.29, 1.82) is 0 Å². The Morgan fingerprint density at radius 3 is 1.28 bits per heavy atom.